The van der Waals surface area contributed by atoms with E-state index in [0.717, 1.165) is 18.4 Å². The second-order valence-corrected chi connectivity index (χ2v) is 6.09. The van der Waals surface area contributed by atoms with Gasteiger partial charge in [0.2, 0.25) is 0 Å². The fourth-order valence-electron chi connectivity index (χ4n) is 2.09. The topological polar surface area (TPSA) is 61.8 Å². The fraction of sp³-hybridized carbons (Fsp3) is 0.333. The van der Waals surface area contributed by atoms with Gasteiger partial charge in [0.25, 0.3) is 5.91 Å². The molecule has 1 fully saturated rings. The van der Waals surface area contributed by atoms with Crippen LogP contribution in [0.1, 0.15) is 25.3 Å². The van der Waals surface area contributed by atoms with Crippen molar-refractivity contribution in [2.45, 2.75) is 19.8 Å². The average Bonchev–Trinajstić information content (AvgIpc) is 2.75. The van der Waals surface area contributed by atoms with Crippen LogP contribution in [0.3, 0.4) is 0 Å². The maximum atomic E-state index is 12.3. The van der Waals surface area contributed by atoms with Gasteiger partial charge in [-0.2, -0.15) is 0 Å². The number of unbranched alkanes of at least 4 members (excludes halogenated alkanes) is 1. The summed E-state index contributed by atoms with van der Waals surface area (Å²) in [6, 6.07) is 3.36. The summed E-state index contributed by atoms with van der Waals surface area (Å²) in [4.78, 5) is 13.9. The van der Waals surface area contributed by atoms with Crippen molar-refractivity contribution < 1.29 is 14.6 Å². The van der Waals surface area contributed by atoms with Gasteiger partial charge in [-0.1, -0.05) is 13.3 Å². The van der Waals surface area contributed by atoms with Crippen LogP contribution in [0.15, 0.2) is 22.3 Å². The van der Waals surface area contributed by atoms with Crippen molar-refractivity contribution in [1.82, 2.24) is 10.2 Å². The smallest absolute Gasteiger partial charge is 0.276 e. The van der Waals surface area contributed by atoms with E-state index < -0.39 is 0 Å². The average molecular weight is 385 g/mol. The fourth-order valence-corrected chi connectivity index (χ4v) is 2.83. The van der Waals surface area contributed by atoms with E-state index in [-0.39, 0.29) is 11.7 Å². The first-order valence-electron chi connectivity index (χ1n) is 6.89. The predicted molar refractivity (Wildman–Crippen MR) is 92.7 cm³/mol. The number of nitrogens with one attached hydrogen (secondary N) is 1. The number of aromatic hydroxyl groups is 1. The molecule has 2 rings (SSSR count). The van der Waals surface area contributed by atoms with Gasteiger partial charge in [0.05, 0.1) is 11.6 Å². The molecule has 118 valence electrons. The largest absolute Gasteiger partial charge is 0.503 e. The molecule has 1 aliphatic rings. The molecule has 1 amide bonds. The van der Waals surface area contributed by atoms with Crippen LogP contribution < -0.4 is 10.1 Å². The number of amides is 1. The summed E-state index contributed by atoms with van der Waals surface area (Å²) in [6.07, 6.45) is 3.58. The van der Waals surface area contributed by atoms with Gasteiger partial charge in [0.1, 0.15) is 5.70 Å². The Morgan fingerprint density at radius 1 is 1.50 bits per heavy atom. The van der Waals surface area contributed by atoms with Gasteiger partial charge in [-0.15, -0.1) is 0 Å². The Hall–Kier alpha value is -1.60. The molecule has 0 spiro atoms. The molecule has 1 aromatic carbocycles. The minimum atomic E-state index is -0.137. The molecule has 0 bridgehead atoms. The van der Waals surface area contributed by atoms with Crippen molar-refractivity contribution >= 4 is 45.2 Å². The Morgan fingerprint density at radius 3 is 2.86 bits per heavy atom. The molecular formula is C15H17BrN2O3S. The van der Waals surface area contributed by atoms with Gasteiger partial charge < -0.3 is 15.2 Å². The molecule has 22 heavy (non-hydrogen) atoms. The number of rotatable bonds is 5. The van der Waals surface area contributed by atoms with Crippen LogP contribution in [-0.4, -0.2) is 34.7 Å². The number of benzene rings is 1. The first-order chi connectivity index (χ1) is 10.5. The predicted octanol–water partition coefficient (Wildman–Crippen LogP) is 3.02. The van der Waals surface area contributed by atoms with Gasteiger partial charge in [0, 0.05) is 6.54 Å². The number of ether oxygens (including phenoxy) is 1. The van der Waals surface area contributed by atoms with Gasteiger partial charge >= 0.3 is 0 Å². The molecule has 0 atom stereocenters. The highest BCUT2D eigenvalue weighted by atomic mass is 79.9. The zero-order valence-corrected chi connectivity index (χ0v) is 14.8. The zero-order chi connectivity index (χ0) is 16.3. The van der Waals surface area contributed by atoms with Crippen molar-refractivity contribution in [2.24, 2.45) is 0 Å². The molecule has 0 aliphatic carbocycles. The number of methoxy groups -OCH3 is 1. The molecule has 7 heteroatoms. The van der Waals surface area contributed by atoms with E-state index in [1.54, 1.807) is 23.1 Å². The van der Waals surface area contributed by atoms with Crippen LogP contribution in [0.5, 0.6) is 11.5 Å². The molecule has 1 aliphatic heterocycles. The lowest BCUT2D eigenvalue weighted by molar-refractivity contribution is -0.122. The number of phenolic OH excluding ortho intramolecular Hbond substituents is 1. The SMILES string of the molecule is CCCCN1C(=O)/C(=C\c2cc(Br)c(O)c(OC)c2)NC1=S. The number of thiocarbonyl (C=S) groups is 1. The van der Waals surface area contributed by atoms with Crippen molar-refractivity contribution in [3.05, 3.63) is 27.9 Å². The summed E-state index contributed by atoms with van der Waals surface area (Å²) >= 11 is 8.46. The first-order valence-corrected chi connectivity index (χ1v) is 8.09. The summed E-state index contributed by atoms with van der Waals surface area (Å²) in [5.41, 5.74) is 1.14. The Morgan fingerprint density at radius 2 is 2.23 bits per heavy atom. The quantitative estimate of drug-likeness (QED) is 0.603. The maximum Gasteiger partial charge on any atom is 0.276 e. The lowest BCUT2D eigenvalue weighted by Crippen LogP contribution is -2.31. The second-order valence-electron chi connectivity index (χ2n) is 4.85. The summed E-state index contributed by atoms with van der Waals surface area (Å²) in [6.45, 7) is 2.68. The standard InChI is InChI=1S/C15H17BrN2O3S/c1-3-4-5-18-14(20)11(17-15(18)22)7-9-6-10(16)13(19)12(8-9)21-2/h6-8,19H,3-5H2,1-2H3,(H,17,22)/b11-7+. The molecule has 1 saturated heterocycles. The number of phenols is 1. The van der Waals surface area contributed by atoms with E-state index in [4.69, 9.17) is 17.0 Å². The van der Waals surface area contributed by atoms with Crippen LogP contribution in [0.4, 0.5) is 0 Å². The van der Waals surface area contributed by atoms with Gasteiger partial charge in [-0.3, -0.25) is 9.69 Å². The third kappa shape index (κ3) is 3.41. The minimum Gasteiger partial charge on any atom is -0.503 e. The van der Waals surface area contributed by atoms with Crippen molar-refractivity contribution in [1.29, 1.82) is 0 Å². The molecule has 0 radical (unpaired) electrons. The summed E-state index contributed by atoms with van der Waals surface area (Å²) in [5, 5.41) is 13.2. The van der Waals surface area contributed by atoms with E-state index in [2.05, 4.69) is 28.2 Å². The van der Waals surface area contributed by atoms with Crippen LogP contribution in [0.2, 0.25) is 0 Å². The molecule has 0 aromatic heterocycles. The number of halogens is 1. The molecule has 1 aromatic rings. The lowest BCUT2D eigenvalue weighted by atomic mass is 10.1. The molecule has 2 N–H and O–H groups in total. The van der Waals surface area contributed by atoms with Crippen LogP contribution >= 0.6 is 28.1 Å². The third-order valence-corrected chi connectivity index (χ3v) is 4.21. The van der Waals surface area contributed by atoms with Crippen LogP contribution in [-0.2, 0) is 4.79 Å². The zero-order valence-electron chi connectivity index (χ0n) is 12.4. The number of hydrogen-bond acceptors (Lipinski definition) is 4. The normalized spacial score (nSPS) is 16.3. The summed E-state index contributed by atoms with van der Waals surface area (Å²) < 4.78 is 5.60. The van der Waals surface area contributed by atoms with Crippen molar-refractivity contribution in [2.75, 3.05) is 13.7 Å². The van der Waals surface area contributed by atoms with Crippen LogP contribution in [0, 0.1) is 0 Å². The first kappa shape index (κ1) is 16.8. The number of carbonyl (C=O) groups is 1. The summed E-state index contributed by atoms with van der Waals surface area (Å²) in [5.74, 6) is 0.217. The van der Waals surface area contributed by atoms with E-state index >= 15 is 0 Å². The Labute approximate surface area is 143 Å². The van der Waals surface area contributed by atoms with E-state index in [0.29, 0.717) is 27.6 Å². The molecule has 5 nitrogen and oxygen atoms in total. The van der Waals surface area contributed by atoms with E-state index in [9.17, 15) is 9.90 Å². The monoisotopic (exact) mass is 384 g/mol. The molecule has 1 heterocycles. The van der Waals surface area contributed by atoms with Gasteiger partial charge in [-0.25, -0.2) is 0 Å². The Kier molecular flexibility index (Phi) is 5.42. The Balaban J connectivity index is 2.29. The highest BCUT2D eigenvalue weighted by Crippen LogP contribution is 2.35. The number of hydrogen-bond donors (Lipinski definition) is 2. The van der Waals surface area contributed by atoms with Gasteiger partial charge in [-0.05, 0) is 58.3 Å². The van der Waals surface area contributed by atoms with Crippen molar-refractivity contribution in [3.63, 3.8) is 0 Å². The molecular weight excluding hydrogens is 368 g/mol. The number of nitrogens with zero attached hydrogens (tertiary/aromatic N) is 1. The maximum absolute atomic E-state index is 12.3. The lowest BCUT2D eigenvalue weighted by Gasteiger charge is -2.12. The summed E-state index contributed by atoms with van der Waals surface area (Å²) in [7, 11) is 1.47. The Bertz CT molecular complexity index is 646. The van der Waals surface area contributed by atoms with E-state index in [1.165, 1.54) is 7.11 Å². The number of carbonyl (C=O) groups excluding carboxylic acids is 1. The van der Waals surface area contributed by atoms with Crippen LogP contribution in [0.25, 0.3) is 6.08 Å². The second kappa shape index (κ2) is 7.11. The molecule has 0 saturated carbocycles. The van der Waals surface area contributed by atoms with Crippen molar-refractivity contribution in [3.8, 4) is 11.5 Å². The third-order valence-electron chi connectivity index (χ3n) is 3.28. The highest BCUT2D eigenvalue weighted by molar-refractivity contribution is 9.10. The molecule has 0 unspecified atom stereocenters. The minimum absolute atomic E-state index is 0.0236. The highest BCUT2D eigenvalue weighted by Gasteiger charge is 2.29. The van der Waals surface area contributed by atoms with E-state index in [1.807, 2.05) is 0 Å². The van der Waals surface area contributed by atoms with Gasteiger partial charge in [0.15, 0.2) is 16.6 Å².